The molecule has 0 saturated carbocycles. The first-order valence-electron chi connectivity index (χ1n) is 6.74. The Labute approximate surface area is 119 Å². The molecule has 0 unspecified atom stereocenters. The largest absolute Gasteiger partial charge is 0.489 e. The van der Waals surface area contributed by atoms with Crippen molar-refractivity contribution in [3.63, 3.8) is 0 Å². The molecular formula is C18H18O2. The molecule has 0 heterocycles. The number of ether oxygens (including phenoxy) is 1. The molecule has 102 valence electrons. The second-order valence-electron chi connectivity index (χ2n) is 4.53. The van der Waals surface area contributed by atoms with E-state index < -0.39 is 0 Å². The minimum absolute atomic E-state index is 0.560. The predicted molar refractivity (Wildman–Crippen MR) is 81.5 cm³/mol. The lowest BCUT2D eigenvalue weighted by molar-refractivity contribution is -0.104. The summed E-state index contributed by atoms with van der Waals surface area (Å²) >= 11 is 0. The second-order valence-corrected chi connectivity index (χ2v) is 4.53. The summed E-state index contributed by atoms with van der Waals surface area (Å²) < 4.78 is 5.71. The van der Waals surface area contributed by atoms with E-state index in [-0.39, 0.29) is 0 Å². The van der Waals surface area contributed by atoms with Gasteiger partial charge in [-0.25, -0.2) is 0 Å². The third kappa shape index (κ3) is 4.09. The maximum absolute atomic E-state index is 10.8. The van der Waals surface area contributed by atoms with Gasteiger partial charge in [0.2, 0.25) is 0 Å². The van der Waals surface area contributed by atoms with Crippen LogP contribution in [0.1, 0.15) is 24.5 Å². The molecule has 2 heteroatoms. The van der Waals surface area contributed by atoms with Gasteiger partial charge >= 0.3 is 0 Å². The first-order chi connectivity index (χ1) is 9.81. The van der Waals surface area contributed by atoms with Gasteiger partial charge in [-0.2, -0.15) is 0 Å². The molecule has 2 aromatic carbocycles. The Morgan fingerprint density at radius 1 is 1.05 bits per heavy atom. The summed E-state index contributed by atoms with van der Waals surface area (Å²) in [6.07, 6.45) is 3.55. The van der Waals surface area contributed by atoms with E-state index in [2.05, 4.69) is 0 Å². The van der Waals surface area contributed by atoms with Gasteiger partial charge in [0.15, 0.2) is 0 Å². The van der Waals surface area contributed by atoms with Crippen molar-refractivity contribution >= 4 is 12.4 Å². The molecule has 0 N–H and O–H groups in total. The van der Waals surface area contributed by atoms with Crippen molar-refractivity contribution in [2.75, 3.05) is 0 Å². The van der Waals surface area contributed by atoms with Gasteiger partial charge in [-0.15, -0.1) is 0 Å². The molecule has 0 amide bonds. The summed E-state index contributed by atoms with van der Waals surface area (Å²) in [6.45, 7) is 2.53. The third-order valence-electron chi connectivity index (χ3n) is 3.04. The van der Waals surface area contributed by atoms with Crippen LogP contribution in [0.2, 0.25) is 0 Å². The molecule has 0 radical (unpaired) electrons. The van der Waals surface area contributed by atoms with E-state index in [0.29, 0.717) is 6.61 Å². The Morgan fingerprint density at radius 2 is 1.75 bits per heavy atom. The lowest BCUT2D eigenvalue weighted by atomic mass is 10.1. The molecule has 2 nitrogen and oxygen atoms in total. The summed E-state index contributed by atoms with van der Waals surface area (Å²) in [7, 11) is 0. The van der Waals surface area contributed by atoms with Crippen LogP contribution >= 0.6 is 0 Å². The first-order valence-corrected chi connectivity index (χ1v) is 6.74. The van der Waals surface area contributed by atoms with Crippen LogP contribution in [0.5, 0.6) is 5.75 Å². The topological polar surface area (TPSA) is 26.3 Å². The van der Waals surface area contributed by atoms with Crippen LogP contribution in [0.4, 0.5) is 0 Å². The molecule has 0 saturated heterocycles. The van der Waals surface area contributed by atoms with E-state index in [1.807, 2.05) is 67.6 Å². The van der Waals surface area contributed by atoms with Crippen LogP contribution in [-0.2, 0) is 11.4 Å². The van der Waals surface area contributed by atoms with Crippen molar-refractivity contribution in [1.29, 1.82) is 0 Å². The van der Waals surface area contributed by atoms with Crippen LogP contribution < -0.4 is 4.74 Å². The standard InChI is InChI=1S/C18H18O2/c1-2-15(13-19)12-16-8-10-18(11-9-16)20-14-17-6-4-3-5-7-17/h3-13H,2,14H2,1H3. The second kappa shape index (κ2) is 7.29. The van der Waals surface area contributed by atoms with Gasteiger partial charge in [-0.3, -0.25) is 4.79 Å². The number of hydrogen-bond donors (Lipinski definition) is 0. The monoisotopic (exact) mass is 266 g/mol. The Hall–Kier alpha value is -2.35. The molecule has 2 rings (SSSR count). The lowest BCUT2D eigenvalue weighted by Crippen LogP contribution is -1.94. The molecule has 0 aliphatic carbocycles. The highest BCUT2D eigenvalue weighted by atomic mass is 16.5. The molecule has 0 spiro atoms. The Morgan fingerprint density at radius 3 is 2.35 bits per heavy atom. The molecule has 0 bridgehead atoms. The van der Waals surface area contributed by atoms with Crippen molar-refractivity contribution in [2.45, 2.75) is 20.0 Å². The fourth-order valence-corrected chi connectivity index (χ4v) is 1.83. The van der Waals surface area contributed by atoms with Gasteiger partial charge in [0.25, 0.3) is 0 Å². The zero-order valence-electron chi connectivity index (χ0n) is 11.6. The van der Waals surface area contributed by atoms with E-state index in [0.717, 1.165) is 35.2 Å². The summed E-state index contributed by atoms with van der Waals surface area (Å²) in [5.74, 6) is 0.829. The number of rotatable bonds is 6. The summed E-state index contributed by atoms with van der Waals surface area (Å²) in [5, 5.41) is 0. The fourth-order valence-electron chi connectivity index (χ4n) is 1.83. The maximum atomic E-state index is 10.8. The molecular weight excluding hydrogens is 248 g/mol. The molecule has 0 fully saturated rings. The summed E-state index contributed by atoms with van der Waals surface area (Å²) in [6, 6.07) is 17.8. The minimum Gasteiger partial charge on any atom is -0.489 e. The normalized spacial score (nSPS) is 11.2. The van der Waals surface area contributed by atoms with Crippen molar-refractivity contribution < 1.29 is 9.53 Å². The predicted octanol–water partition coefficient (Wildman–Crippen LogP) is 4.26. The number of aldehydes is 1. The molecule has 0 aliphatic rings. The highest BCUT2D eigenvalue weighted by molar-refractivity contribution is 5.81. The Kier molecular flexibility index (Phi) is 5.13. The van der Waals surface area contributed by atoms with E-state index in [1.54, 1.807) is 0 Å². The highest BCUT2D eigenvalue weighted by Gasteiger charge is 1.97. The molecule has 0 atom stereocenters. The maximum Gasteiger partial charge on any atom is 0.146 e. The van der Waals surface area contributed by atoms with Gasteiger partial charge in [0.05, 0.1) is 0 Å². The molecule has 20 heavy (non-hydrogen) atoms. The number of carbonyl (C=O) groups is 1. The van der Waals surface area contributed by atoms with Gasteiger partial charge in [-0.1, -0.05) is 49.4 Å². The minimum atomic E-state index is 0.560. The summed E-state index contributed by atoms with van der Waals surface area (Å²) in [4.78, 5) is 10.8. The van der Waals surface area contributed by atoms with Crippen molar-refractivity contribution in [3.8, 4) is 5.75 Å². The molecule has 0 aliphatic heterocycles. The van der Waals surface area contributed by atoms with Crippen molar-refractivity contribution in [1.82, 2.24) is 0 Å². The van der Waals surface area contributed by atoms with E-state index in [1.165, 1.54) is 0 Å². The SMILES string of the molecule is CCC(C=O)=Cc1ccc(OCc2ccccc2)cc1. The zero-order chi connectivity index (χ0) is 14.2. The van der Waals surface area contributed by atoms with Crippen LogP contribution in [0.15, 0.2) is 60.2 Å². The quantitative estimate of drug-likeness (QED) is 0.577. The smallest absolute Gasteiger partial charge is 0.146 e. The number of benzene rings is 2. The van der Waals surface area contributed by atoms with Crippen molar-refractivity contribution in [2.24, 2.45) is 0 Å². The average Bonchev–Trinajstić information content (AvgIpc) is 2.53. The van der Waals surface area contributed by atoms with Gasteiger partial charge < -0.3 is 4.74 Å². The summed E-state index contributed by atoms with van der Waals surface area (Å²) in [5.41, 5.74) is 2.95. The molecule has 2 aromatic rings. The first kappa shape index (κ1) is 14.1. The zero-order valence-corrected chi connectivity index (χ0v) is 11.6. The van der Waals surface area contributed by atoms with E-state index >= 15 is 0 Å². The van der Waals surface area contributed by atoms with Gasteiger partial charge in [0, 0.05) is 0 Å². The number of allylic oxidation sites excluding steroid dienone is 1. The van der Waals surface area contributed by atoms with Gasteiger partial charge in [-0.05, 0) is 41.3 Å². The van der Waals surface area contributed by atoms with Crippen molar-refractivity contribution in [3.05, 3.63) is 71.3 Å². The molecule has 0 aromatic heterocycles. The van der Waals surface area contributed by atoms with Crippen LogP contribution in [0.25, 0.3) is 6.08 Å². The number of carbonyl (C=O) groups excluding carboxylic acids is 1. The highest BCUT2D eigenvalue weighted by Crippen LogP contribution is 2.16. The van der Waals surface area contributed by atoms with Crippen LogP contribution in [0.3, 0.4) is 0 Å². The van der Waals surface area contributed by atoms with Crippen LogP contribution in [0, 0.1) is 0 Å². The Balaban J connectivity index is 1.98. The van der Waals surface area contributed by atoms with E-state index in [4.69, 9.17) is 4.74 Å². The Bertz CT molecular complexity index is 568. The number of hydrogen-bond acceptors (Lipinski definition) is 2. The van der Waals surface area contributed by atoms with Crippen LogP contribution in [-0.4, -0.2) is 6.29 Å². The average molecular weight is 266 g/mol. The fraction of sp³-hybridized carbons (Fsp3) is 0.167. The van der Waals surface area contributed by atoms with Gasteiger partial charge in [0.1, 0.15) is 18.6 Å². The lowest BCUT2D eigenvalue weighted by Gasteiger charge is -2.06. The van der Waals surface area contributed by atoms with E-state index in [9.17, 15) is 4.79 Å². The third-order valence-corrected chi connectivity index (χ3v) is 3.04.